The summed E-state index contributed by atoms with van der Waals surface area (Å²) in [6.07, 6.45) is 0. The standard InChI is InChI=1S/C14H18N4O2/c1-2-4-12(5-3-1)19-11-13-16-14(20-17-13)10-18-8-6-15-7-9-18/h1-5,15H,6-11H2. The molecular weight excluding hydrogens is 256 g/mol. The maximum atomic E-state index is 5.59. The number of hydrogen-bond donors (Lipinski definition) is 1. The minimum absolute atomic E-state index is 0.328. The van der Waals surface area contributed by atoms with Crippen LogP contribution in [0.25, 0.3) is 0 Å². The first kappa shape index (κ1) is 13.1. The average Bonchev–Trinajstić information content (AvgIpc) is 2.95. The van der Waals surface area contributed by atoms with Crippen molar-refractivity contribution in [2.45, 2.75) is 13.2 Å². The second kappa shape index (κ2) is 6.49. The van der Waals surface area contributed by atoms with E-state index in [2.05, 4.69) is 20.4 Å². The lowest BCUT2D eigenvalue weighted by molar-refractivity contribution is 0.203. The number of nitrogens with zero attached hydrogens (tertiary/aromatic N) is 3. The Balaban J connectivity index is 1.51. The van der Waals surface area contributed by atoms with Crippen molar-refractivity contribution in [1.29, 1.82) is 0 Å². The van der Waals surface area contributed by atoms with Gasteiger partial charge in [-0.1, -0.05) is 23.4 Å². The monoisotopic (exact) mass is 274 g/mol. The van der Waals surface area contributed by atoms with Gasteiger partial charge in [0.25, 0.3) is 0 Å². The van der Waals surface area contributed by atoms with Gasteiger partial charge in [0.05, 0.1) is 6.54 Å². The number of nitrogens with one attached hydrogen (secondary N) is 1. The molecule has 1 aliphatic heterocycles. The molecule has 0 atom stereocenters. The van der Waals surface area contributed by atoms with Gasteiger partial charge in [-0.25, -0.2) is 0 Å². The molecule has 2 heterocycles. The summed E-state index contributed by atoms with van der Waals surface area (Å²) in [4.78, 5) is 6.65. The number of ether oxygens (including phenoxy) is 1. The van der Waals surface area contributed by atoms with Crippen LogP contribution >= 0.6 is 0 Å². The van der Waals surface area contributed by atoms with E-state index in [1.54, 1.807) is 0 Å². The van der Waals surface area contributed by atoms with Crippen molar-refractivity contribution >= 4 is 0 Å². The molecule has 0 unspecified atom stereocenters. The minimum atomic E-state index is 0.328. The summed E-state index contributed by atoms with van der Waals surface area (Å²) < 4.78 is 10.8. The zero-order valence-corrected chi connectivity index (χ0v) is 11.3. The van der Waals surface area contributed by atoms with Gasteiger partial charge in [0.1, 0.15) is 5.75 Å². The molecule has 1 aromatic heterocycles. The van der Waals surface area contributed by atoms with Crippen LogP contribution in [0.2, 0.25) is 0 Å². The van der Waals surface area contributed by atoms with Crippen molar-refractivity contribution in [3.05, 3.63) is 42.0 Å². The molecule has 2 aromatic rings. The Morgan fingerprint density at radius 2 is 2.00 bits per heavy atom. The maximum absolute atomic E-state index is 5.59. The third-order valence-electron chi connectivity index (χ3n) is 3.19. The number of benzene rings is 1. The number of piperazine rings is 1. The van der Waals surface area contributed by atoms with Crippen molar-refractivity contribution in [3.63, 3.8) is 0 Å². The minimum Gasteiger partial charge on any atom is -0.485 e. The molecule has 1 N–H and O–H groups in total. The quantitative estimate of drug-likeness (QED) is 0.879. The second-order valence-corrected chi connectivity index (χ2v) is 4.73. The van der Waals surface area contributed by atoms with Gasteiger partial charge in [0.2, 0.25) is 11.7 Å². The summed E-state index contributed by atoms with van der Waals surface area (Å²) in [5, 5.41) is 7.26. The van der Waals surface area contributed by atoms with Crippen LogP contribution in [-0.4, -0.2) is 41.2 Å². The van der Waals surface area contributed by atoms with Crippen LogP contribution in [0, 0.1) is 0 Å². The molecule has 0 bridgehead atoms. The van der Waals surface area contributed by atoms with Gasteiger partial charge in [-0.05, 0) is 12.1 Å². The largest absolute Gasteiger partial charge is 0.485 e. The molecule has 106 valence electrons. The molecule has 1 aromatic carbocycles. The molecule has 1 aliphatic rings. The van der Waals surface area contributed by atoms with Crippen LogP contribution in [0.3, 0.4) is 0 Å². The van der Waals surface area contributed by atoms with Gasteiger partial charge in [-0.15, -0.1) is 0 Å². The Labute approximate surface area is 117 Å². The molecule has 0 saturated carbocycles. The molecule has 20 heavy (non-hydrogen) atoms. The third kappa shape index (κ3) is 3.55. The lowest BCUT2D eigenvalue weighted by Crippen LogP contribution is -2.42. The highest BCUT2D eigenvalue weighted by Gasteiger charge is 2.14. The van der Waals surface area contributed by atoms with E-state index in [0.29, 0.717) is 24.9 Å². The van der Waals surface area contributed by atoms with E-state index in [4.69, 9.17) is 9.26 Å². The van der Waals surface area contributed by atoms with Gasteiger partial charge < -0.3 is 14.6 Å². The molecule has 3 rings (SSSR count). The van der Waals surface area contributed by atoms with Gasteiger partial charge in [0, 0.05) is 26.2 Å². The Morgan fingerprint density at radius 3 is 2.80 bits per heavy atom. The summed E-state index contributed by atoms with van der Waals surface area (Å²) in [6.45, 7) is 5.09. The smallest absolute Gasteiger partial charge is 0.240 e. The fraction of sp³-hybridized carbons (Fsp3) is 0.429. The third-order valence-corrected chi connectivity index (χ3v) is 3.19. The zero-order valence-electron chi connectivity index (χ0n) is 11.3. The average molecular weight is 274 g/mol. The highest BCUT2D eigenvalue weighted by molar-refractivity contribution is 5.20. The molecule has 0 aliphatic carbocycles. The molecule has 0 radical (unpaired) electrons. The number of aromatic nitrogens is 2. The molecular formula is C14H18N4O2. The van der Waals surface area contributed by atoms with Crippen LogP contribution < -0.4 is 10.1 Å². The van der Waals surface area contributed by atoms with E-state index in [-0.39, 0.29) is 0 Å². The zero-order chi connectivity index (χ0) is 13.6. The van der Waals surface area contributed by atoms with Gasteiger partial charge >= 0.3 is 0 Å². The molecule has 1 fully saturated rings. The first-order chi connectivity index (χ1) is 9.90. The van der Waals surface area contributed by atoms with Gasteiger partial charge in [-0.2, -0.15) is 4.98 Å². The van der Waals surface area contributed by atoms with E-state index in [1.807, 2.05) is 30.3 Å². The van der Waals surface area contributed by atoms with Crippen LogP contribution in [0.1, 0.15) is 11.7 Å². The molecule has 0 amide bonds. The van der Waals surface area contributed by atoms with Crippen LogP contribution in [0.4, 0.5) is 0 Å². The highest BCUT2D eigenvalue weighted by atomic mass is 16.5. The van der Waals surface area contributed by atoms with Gasteiger partial charge in [-0.3, -0.25) is 4.90 Å². The Bertz CT molecular complexity index is 523. The topological polar surface area (TPSA) is 63.4 Å². The Hall–Kier alpha value is -1.92. The SMILES string of the molecule is c1ccc(OCc2noc(CN3CCNCC3)n2)cc1. The van der Waals surface area contributed by atoms with E-state index >= 15 is 0 Å². The normalized spacial score (nSPS) is 16.2. The first-order valence-corrected chi connectivity index (χ1v) is 6.82. The van der Waals surface area contributed by atoms with Gasteiger partial charge in [0.15, 0.2) is 6.61 Å². The van der Waals surface area contributed by atoms with Crippen molar-refractivity contribution in [2.75, 3.05) is 26.2 Å². The predicted octanol–water partition coefficient (Wildman–Crippen LogP) is 1.05. The fourth-order valence-electron chi connectivity index (χ4n) is 2.14. The lowest BCUT2D eigenvalue weighted by Gasteiger charge is -2.25. The highest BCUT2D eigenvalue weighted by Crippen LogP contribution is 2.11. The van der Waals surface area contributed by atoms with Crippen molar-refractivity contribution in [2.24, 2.45) is 0 Å². The molecule has 6 nitrogen and oxygen atoms in total. The van der Waals surface area contributed by atoms with E-state index in [0.717, 1.165) is 31.9 Å². The predicted molar refractivity (Wildman–Crippen MR) is 73.2 cm³/mol. The summed E-state index contributed by atoms with van der Waals surface area (Å²) in [7, 11) is 0. The van der Waals surface area contributed by atoms with E-state index in [1.165, 1.54) is 0 Å². The van der Waals surface area contributed by atoms with Crippen LogP contribution in [0.5, 0.6) is 5.75 Å². The van der Waals surface area contributed by atoms with E-state index in [9.17, 15) is 0 Å². The summed E-state index contributed by atoms with van der Waals surface area (Å²) in [6, 6.07) is 9.62. The Morgan fingerprint density at radius 1 is 1.20 bits per heavy atom. The summed E-state index contributed by atoms with van der Waals surface area (Å²) in [5.41, 5.74) is 0. The molecule has 0 spiro atoms. The summed E-state index contributed by atoms with van der Waals surface area (Å²) in [5.74, 6) is 2.04. The van der Waals surface area contributed by atoms with Crippen molar-refractivity contribution < 1.29 is 9.26 Å². The number of para-hydroxylation sites is 1. The van der Waals surface area contributed by atoms with Crippen LogP contribution in [-0.2, 0) is 13.2 Å². The lowest BCUT2D eigenvalue weighted by atomic mass is 10.3. The van der Waals surface area contributed by atoms with Crippen molar-refractivity contribution in [3.8, 4) is 5.75 Å². The molecule has 6 heteroatoms. The Kier molecular flexibility index (Phi) is 4.25. The van der Waals surface area contributed by atoms with Crippen LogP contribution in [0.15, 0.2) is 34.9 Å². The number of hydrogen-bond acceptors (Lipinski definition) is 6. The number of rotatable bonds is 5. The van der Waals surface area contributed by atoms with Crippen molar-refractivity contribution in [1.82, 2.24) is 20.4 Å². The maximum Gasteiger partial charge on any atom is 0.240 e. The van der Waals surface area contributed by atoms with E-state index < -0.39 is 0 Å². The molecule has 1 saturated heterocycles. The fourth-order valence-corrected chi connectivity index (χ4v) is 2.14. The second-order valence-electron chi connectivity index (χ2n) is 4.73. The first-order valence-electron chi connectivity index (χ1n) is 6.82. The summed E-state index contributed by atoms with van der Waals surface area (Å²) >= 11 is 0.